The lowest BCUT2D eigenvalue weighted by molar-refractivity contribution is 0.131. The van der Waals surface area contributed by atoms with Gasteiger partial charge in [-0.25, -0.2) is 0 Å². The lowest BCUT2D eigenvalue weighted by atomic mass is 9.77. The first kappa shape index (κ1) is 15.1. The quantitative estimate of drug-likeness (QED) is 0.847. The molecule has 0 saturated heterocycles. The first-order valence-corrected chi connectivity index (χ1v) is 8.84. The molecule has 2 heteroatoms. The summed E-state index contributed by atoms with van der Waals surface area (Å²) in [7, 11) is 0. The van der Waals surface area contributed by atoms with Crippen molar-refractivity contribution in [2.24, 2.45) is 0 Å². The van der Waals surface area contributed by atoms with Crippen molar-refractivity contribution in [3.05, 3.63) is 35.4 Å². The van der Waals surface area contributed by atoms with E-state index in [1.807, 2.05) is 0 Å². The third-order valence-corrected chi connectivity index (χ3v) is 5.26. The van der Waals surface area contributed by atoms with E-state index in [0.717, 1.165) is 12.6 Å². The van der Waals surface area contributed by atoms with Crippen LogP contribution in [-0.4, -0.2) is 30.1 Å². The van der Waals surface area contributed by atoms with Gasteiger partial charge >= 0.3 is 0 Å². The molecule has 3 rings (SSSR count). The third-order valence-electron chi connectivity index (χ3n) is 5.26. The molecule has 1 aromatic carbocycles. The van der Waals surface area contributed by atoms with Gasteiger partial charge in [0.05, 0.1) is 0 Å². The summed E-state index contributed by atoms with van der Waals surface area (Å²) in [6, 6.07) is 11.1. The Morgan fingerprint density at radius 1 is 1.14 bits per heavy atom. The van der Waals surface area contributed by atoms with Gasteiger partial charge in [0.25, 0.3) is 0 Å². The predicted molar refractivity (Wildman–Crippen MR) is 89.7 cm³/mol. The van der Waals surface area contributed by atoms with E-state index >= 15 is 0 Å². The Morgan fingerprint density at radius 3 is 2.48 bits per heavy atom. The van der Waals surface area contributed by atoms with Gasteiger partial charge in [0, 0.05) is 18.1 Å². The maximum absolute atomic E-state index is 3.85. The van der Waals surface area contributed by atoms with Crippen LogP contribution in [0.2, 0.25) is 0 Å². The van der Waals surface area contributed by atoms with Crippen LogP contribution in [0, 0.1) is 0 Å². The standard InChI is InChI=1S/C19H30N2/c1-4-12-20-19-17-9-7-6-8-16(17)14(3)13-18(19)21(5-2)15-10-11-15/h6-9,14-15,18-20H,4-5,10-13H2,1-3H3. The van der Waals surface area contributed by atoms with Crippen LogP contribution < -0.4 is 5.32 Å². The van der Waals surface area contributed by atoms with Crippen LogP contribution >= 0.6 is 0 Å². The van der Waals surface area contributed by atoms with Crippen LogP contribution in [0.5, 0.6) is 0 Å². The normalized spacial score (nSPS) is 28.7. The van der Waals surface area contributed by atoms with Crippen LogP contribution in [0.3, 0.4) is 0 Å². The molecule has 1 fully saturated rings. The van der Waals surface area contributed by atoms with E-state index in [-0.39, 0.29) is 0 Å². The van der Waals surface area contributed by atoms with Gasteiger partial charge in [-0.2, -0.15) is 0 Å². The van der Waals surface area contributed by atoms with E-state index in [0.29, 0.717) is 18.0 Å². The molecule has 0 amide bonds. The van der Waals surface area contributed by atoms with Crippen molar-refractivity contribution in [3.8, 4) is 0 Å². The topological polar surface area (TPSA) is 15.3 Å². The highest BCUT2D eigenvalue weighted by molar-refractivity contribution is 5.37. The summed E-state index contributed by atoms with van der Waals surface area (Å²) in [5.74, 6) is 0.679. The van der Waals surface area contributed by atoms with Crippen LogP contribution in [0.15, 0.2) is 24.3 Å². The third kappa shape index (κ3) is 3.02. The number of hydrogen-bond donors (Lipinski definition) is 1. The number of benzene rings is 1. The highest BCUT2D eigenvalue weighted by atomic mass is 15.2. The Hall–Kier alpha value is -0.860. The van der Waals surface area contributed by atoms with Crippen molar-refractivity contribution in [2.45, 2.75) is 70.5 Å². The average Bonchev–Trinajstić information content (AvgIpc) is 3.33. The van der Waals surface area contributed by atoms with Gasteiger partial charge in [-0.05, 0) is 55.8 Å². The van der Waals surface area contributed by atoms with Crippen molar-refractivity contribution in [1.82, 2.24) is 10.2 Å². The second-order valence-electron chi connectivity index (χ2n) is 6.83. The van der Waals surface area contributed by atoms with Crippen molar-refractivity contribution in [1.29, 1.82) is 0 Å². The number of likely N-dealkylation sites (N-methyl/N-ethyl adjacent to an activating group) is 1. The van der Waals surface area contributed by atoms with Gasteiger partial charge < -0.3 is 5.32 Å². The molecule has 116 valence electrons. The van der Waals surface area contributed by atoms with Crippen LogP contribution in [0.25, 0.3) is 0 Å². The van der Waals surface area contributed by atoms with Gasteiger partial charge in [0.2, 0.25) is 0 Å². The van der Waals surface area contributed by atoms with Gasteiger partial charge in [0.1, 0.15) is 0 Å². The average molecular weight is 286 g/mol. The molecular formula is C19H30N2. The summed E-state index contributed by atoms with van der Waals surface area (Å²) in [6.45, 7) is 9.31. The Labute approximate surface area is 129 Å². The van der Waals surface area contributed by atoms with E-state index in [4.69, 9.17) is 0 Å². The molecule has 0 aliphatic heterocycles. The molecule has 0 aromatic heterocycles. The predicted octanol–water partition coefficient (Wildman–Crippen LogP) is 4.09. The summed E-state index contributed by atoms with van der Waals surface area (Å²) < 4.78 is 0. The molecule has 3 unspecified atom stereocenters. The van der Waals surface area contributed by atoms with Crippen molar-refractivity contribution in [3.63, 3.8) is 0 Å². The maximum atomic E-state index is 3.85. The molecule has 2 aliphatic carbocycles. The van der Waals surface area contributed by atoms with E-state index < -0.39 is 0 Å². The van der Waals surface area contributed by atoms with Crippen molar-refractivity contribution >= 4 is 0 Å². The summed E-state index contributed by atoms with van der Waals surface area (Å²) in [4.78, 5) is 2.78. The number of nitrogens with one attached hydrogen (secondary N) is 1. The summed E-state index contributed by atoms with van der Waals surface area (Å²) in [6.07, 6.45) is 5.31. The molecule has 1 N–H and O–H groups in total. The minimum atomic E-state index is 0.512. The smallest absolute Gasteiger partial charge is 0.0481 e. The van der Waals surface area contributed by atoms with E-state index in [1.165, 1.54) is 32.2 Å². The largest absolute Gasteiger partial charge is 0.309 e. The molecule has 0 spiro atoms. The molecule has 2 nitrogen and oxygen atoms in total. The SMILES string of the molecule is CCCNC1c2ccccc2C(C)CC1N(CC)C1CC1. The van der Waals surface area contributed by atoms with Crippen molar-refractivity contribution in [2.75, 3.05) is 13.1 Å². The minimum Gasteiger partial charge on any atom is -0.309 e. The summed E-state index contributed by atoms with van der Waals surface area (Å²) in [5.41, 5.74) is 3.11. The van der Waals surface area contributed by atoms with E-state index in [9.17, 15) is 0 Å². The fraction of sp³-hybridized carbons (Fsp3) is 0.684. The van der Waals surface area contributed by atoms with Gasteiger partial charge in [-0.3, -0.25) is 4.90 Å². The van der Waals surface area contributed by atoms with E-state index in [1.54, 1.807) is 11.1 Å². The fourth-order valence-electron chi connectivity index (χ4n) is 4.12. The lowest BCUT2D eigenvalue weighted by Crippen LogP contribution is -2.49. The second-order valence-corrected chi connectivity index (χ2v) is 6.83. The summed E-state index contributed by atoms with van der Waals surface area (Å²) in [5, 5.41) is 3.85. The molecule has 21 heavy (non-hydrogen) atoms. The number of hydrogen-bond acceptors (Lipinski definition) is 2. The van der Waals surface area contributed by atoms with E-state index in [2.05, 4.69) is 55.3 Å². The van der Waals surface area contributed by atoms with Crippen LogP contribution in [0.1, 0.15) is 69.5 Å². The zero-order chi connectivity index (χ0) is 14.8. The molecular weight excluding hydrogens is 256 g/mol. The molecule has 1 aromatic rings. The number of nitrogens with zero attached hydrogens (tertiary/aromatic N) is 1. The maximum Gasteiger partial charge on any atom is 0.0481 e. The number of fused-ring (bicyclic) bond motifs is 1. The molecule has 2 aliphatic rings. The molecule has 1 saturated carbocycles. The molecule has 3 atom stereocenters. The minimum absolute atomic E-state index is 0.512. The molecule has 0 bridgehead atoms. The highest BCUT2D eigenvalue weighted by Gasteiger charge is 2.40. The van der Waals surface area contributed by atoms with Gasteiger partial charge in [-0.1, -0.05) is 45.0 Å². The zero-order valence-corrected chi connectivity index (χ0v) is 13.8. The fourth-order valence-corrected chi connectivity index (χ4v) is 4.12. The van der Waals surface area contributed by atoms with Crippen LogP contribution in [0.4, 0.5) is 0 Å². The van der Waals surface area contributed by atoms with Gasteiger partial charge in [0.15, 0.2) is 0 Å². The molecule has 0 radical (unpaired) electrons. The van der Waals surface area contributed by atoms with Gasteiger partial charge in [-0.15, -0.1) is 0 Å². The Bertz CT molecular complexity index is 466. The first-order chi connectivity index (χ1) is 10.3. The van der Waals surface area contributed by atoms with Crippen molar-refractivity contribution < 1.29 is 0 Å². The summed E-state index contributed by atoms with van der Waals surface area (Å²) >= 11 is 0. The zero-order valence-electron chi connectivity index (χ0n) is 13.8. The number of rotatable bonds is 6. The Kier molecular flexibility index (Phi) is 4.66. The monoisotopic (exact) mass is 286 g/mol. The first-order valence-electron chi connectivity index (χ1n) is 8.84. The molecule has 0 heterocycles. The lowest BCUT2D eigenvalue weighted by Gasteiger charge is -2.43. The Morgan fingerprint density at radius 2 is 1.86 bits per heavy atom. The Balaban J connectivity index is 1.91. The highest BCUT2D eigenvalue weighted by Crippen LogP contribution is 2.42. The van der Waals surface area contributed by atoms with Crippen LogP contribution in [-0.2, 0) is 0 Å². The second kappa shape index (κ2) is 6.50.